The Morgan fingerprint density at radius 1 is 1.03 bits per heavy atom. The minimum absolute atomic E-state index is 0.0558. The summed E-state index contributed by atoms with van der Waals surface area (Å²) in [6, 6.07) is 12.8. The van der Waals surface area contributed by atoms with Crippen molar-refractivity contribution in [3.63, 3.8) is 0 Å². The van der Waals surface area contributed by atoms with Crippen LogP contribution in [0.1, 0.15) is 25.0 Å². The number of aliphatic hydroxyl groups excluding tert-OH is 1. The number of rotatable bonds is 9. The number of hydrogen-bond donors (Lipinski definition) is 1. The van der Waals surface area contributed by atoms with Crippen LogP contribution < -0.4 is 4.74 Å². The predicted octanol–water partition coefficient (Wildman–Crippen LogP) is 3.87. The zero-order chi connectivity index (χ0) is 21.7. The largest absolute Gasteiger partial charge is 0.493 e. The van der Waals surface area contributed by atoms with E-state index in [1.165, 1.54) is 12.1 Å². The molecule has 3 rings (SSSR count). The number of aliphatic hydroxyl groups is 1. The lowest BCUT2D eigenvalue weighted by Gasteiger charge is -2.15. The first-order valence-corrected chi connectivity index (χ1v) is 10.7. The van der Waals surface area contributed by atoms with E-state index in [9.17, 15) is 19.1 Å². The monoisotopic (exact) mass is 429 g/mol. The molecular formula is C23H24FNO4S. The molecule has 0 aromatic heterocycles. The molecule has 1 aliphatic rings. The Hall–Kier alpha value is -2.64. The average molecular weight is 430 g/mol. The van der Waals surface area contributed by atoms with Crippen LogP contribution in [0.15, 0.2) is 53.4 Å². The zero-order valence-corrected chi connectivity index (χ0v) is 17.7. The molecule has 7 heteroatoms. The molecule has 0 radical (unpaired) electrons. The molecule has 158 valence electrons. The molecule has 0 saturated carbocycles. The predicted molar refractivity (Wildman–Crippen MR) is 115 cm³/mol. The first-order chi connectivity index (χ1) is 14.4. The van der Waals surface area contributed by atoms with Gasteiger partial charge >= 0.3 is 0 Å². The second kappa shape index (κ2) is 9.91. The van der Waals surface area contributed by atoms with Crippen LogP contribution in [-0.2, 0) is 16.1 Å². The average Bonchev–Trinajstić information content (AvgIpc) is 2.96. The number of imide groups is 1. The van der Waals surface area contributed by atoms with Crippen molar-refractivity contribution in [2.24, 2.45) is 5.92 Å². The summed E-state index contributed by atoms with van der Waals surface area (Å²) in [4.78, 5) is 27.6. The van der Waals surface area contributed by atoms with Crippen molar-refractivity contribution < 1.29 is 23.8 Å². The number of halogens is 1. The number of amides is 2. The highest BCUT2D eigenvalue weighted by atomic mass is 32.2. The fraction of sp³-hybridized carbons (Fsp3) is 0.304. The van der Waals surface area contributed by atoms with Gasteiger partial charge in [-0.15, -0.1) is 11.8 Å². The maximum absolute atomic E-state index is 13.2. The van der Waals surface area contributed by atoms with E-state index >= 15 is 0 Å². The number of hydrogen-bond acceptors (Lipinski definition) is 5. The quantitative estimate of drug-likeness (QED) is 0.613. The minimum Gasteiger partial charge on any atom is -0.493 e. The minimum atomic E-state index is -0.405. The molecule has 2 amide bonds. The van der Waals surface area contributed by atoms with Gasteiger partial charge in [-0.25, -0.2) is 4.39 Å². The van der Waals surface area contributed by atoms with Gasteiger partial charge in [0.05, 0.1) is 30.2 Å². The van der Waals surface area contributed by atoms with Gasteiger partial charge in [0.2, 0.25) is 0 Å². The summed E-state index contributed by atoms with van der Waals surface area (Å²) in [5.74, 6) is 0.201. The van der Waals surface area contributed by atoms with Crippen LogP contribution in [0, 0.1) is 11.7 Å². The third kappa shape index (κ3) is 5.09. The maximum atomic E-state index is 13.2. The molecule has 0 bridgehead atoms. The van der Waals surface area contributed by atoms with Crippen LogP contribution in [0.2, 0.25) is 0 Å². The van der Waals surface area contributed by atoms with E-state index < -0.39 is 11.8 Å². The molecule has 1 heterocycles. The van der Waals surface area contributed by atoms with Crippen molar-refractivity contribution >= 4 is 29.1 Å². The summed E-state index contributed by atoms with van der Waals surface area (Å²) in [5.41, 5.74) is 1.59. The second-order valence-corrected chi connectivity index (χ2v) is 8.43. The molecule has 30 heavy (non-hydrogen) atoms. The van der Waals surface area contributed by atoms with Gasteiger partial charge in [0.15, 0.2) is 0 Å². The zero-order valence-electron chi connectivity index (χ0n) is 16.9. The highest BCUT2D eigenvalue weighted by molar-refractivity contribution is 8.04. The van der Waals surface area contributed by atoms with Crippen molar-refractivity contribution in [3.8, 4) is 5.75 Å². The van der Waals surface area contributed by atoms with E-state index in [0.717, 1.165) is 16.7 Å². The van der Waals surface area contributed by atoms with Crippen molar-refractivity contribution in [2.75, 3.05) is 19.0 Å². The Morgan fingerprint density at radius 2 is 1.70 bits per heavy atom. The van der Waals surface area contributed by atoms with E-state index in [0.29, 0.717) is 45.6 Å². The van der Waals surface area contributed by atoms with E-state index in [2.05, 4.69) is 13.8 Å². The van der Waals surface area contributed by atoms with E-state index in [1.807, 2.05) is 0 Å². The maximum Gasteiger partial charge on any atom is 0.268 e. The normalized spacial score (nSPS) is 14.2. The van der Waals surface area contributed by atoms with Crippen LogP contribution in [-0.4, -0.2) is 40.8 Å². The lowest BCUT2D eigenvalue weighted by atomic mass is 10.1. The fourth-order valence-corrected chi connectivity index (χ4v) is 3.87. The summed E-state index contributed by atoms with van der Waals surface area (Å²) < 4.78 is 18.9. The number of ether oxygens (including phenoxy) is 1. The van der Waals surface area contributed by atoms with Gasteiger partial charge < -0.3 is 9.84 Å². The first kappa shape index (κ1) is 22.1. The van der Waals surface area contributed by atoms with E-state index in [1.54, 1.807) is 36.4 Å². The van der Waals surface area contributed by atoms with Gasteiger partial charge in [-0.3, -0.25) is 14.5 Å². The highest BCUT2D eigenvalue weighted by Crippen LogP contribution is 2.37. The Bertz CT molecular complexity index is 939. The van der Waals surface area contributed by atoms with Gasteiger partial charge in [0, 0.05) is 5.75 Å². The molecule has 0 spiro atoms. The highest BCUT2D eigenvalue weighted by Gasteiger charge is 2.39. The molecule has 5 nitrogen and oxygen atoms in total. The third-order valence-corrected chi connectivity index (χ3v) is 5.50. The van der Waals surface area contributed by atoms with Gasteiger partial charge in [-0.05, 0) is 41.3 Å². The van der Waals surface area contributed by atoms with Crippen LogP contribution >= 0.6 is 11.8 Å². The molecule has 0 aliphatic carbocycles. The van der Waals surface area contributed by atoms with Crippen molar-refractivity contribution in [3.05, 3.63) is 70.4 Å². The Morgan fingerprint density at radius 3 is 2.30 bits per heavy atom. The van der Waals surface area contributed by atoms with E-state index in [4.69, 9.17) is 4.74 Å². The second-order valence-electron chi connectivity index (χ2n) is 7.33. The summed E-state index contributed by atoms with van der Waals surface area (Å²) in [6.07, 6.45) is 0. The van der Waals surface area contributed by atoms with Crippen molar-refractivity contribution in [1.82, 2.24) is 4.90 Å². The van der Waals surface area contributed by atoms with Gasteiger partial charge in [-0.1, -0.05) is 38.1 Å². The number of thioether (sulfide) groups is 1. The van der Waals surface area contributed by atoms with Gasteiger partial charge in [0.1, 0.15) is 11.6 Å². The van der Waals surface area contributed by atoms with Crippen LogP contribution in [0.3, 0.4) is 0 Å². The molecule has 0 unspecified atom stereocenters. The molecule has 0 fully saturated rings. The molecule has 1 N–H and O–H groups in total. The van der Waals surface area contributed by atoms with Crippen LogP contribution in [0.4, 0.5) is 4.39 Å². The summed E-state index contributed by atoms with van der Waals surface area (Å²) in [5, 5.41) is 9.20. The lowest BCUT2D eigenvalue weighted by Crippen LogP contribution is -2.31. The number of nitrogens with zero attached hydrogens (tertiary/aromatic N) is 1. The summed E-state index contributed by atoms with van der Waals surface area (Å²) in [6.45, 7) is 4.65. The van der Waals surface area contributed by atoms with E-state index in [-0.39, 0.29) is 19.0 Å². The first-order valence-electron chi connectivity index (χ1n) is 9.72. The van der Waals surface area contributed by atoms with Gasteiger partial charge in [-0.2, -0.15) is 0 Å². The molecule has 0 saturated heterocycles. The number of carbonyl (C=O) groups is 2. The Labute approximate surface area is 179 Å². The smallest absolute Gasteiger partial charge is 0.268 e. The standard InChI is InChI=1S/C23H24FNO4S/c1-15(2)14-29-19-9-5-17(6-10-19)20-21(30-12-11-26)23(28)25(22(20)27)13-16-3-7-18(24)8-4-16/h3-10,15,26H,11-14H2,1-2H3. The molecule has 2 aromatic rings. The Kier molecular flexibility index (Phi) is 7.29. The van der Waals surface area contributed by atoms with Crippen molar-refractivity contribution in [2.45, 2.75) is 20.4 Å². The molecule has 0 atom stereocenters. The topological polar surface area (TPSA) is 66.8 Å². The number of carbonyl (C=O) groups excluding carboxylic acids is 2. The summed E-state index contributed by atoms with van der Waals surface area (Å²) in [7, 11) is 0. The molecule has 1 aliphatic heterocycles. The third-order valence-electron chi connectivity index (χ3n) is 4.44. The summed E-state index contributed by atoms with van der Waals surface area (Å²) >= 11 is 1.16. The SMILES string of the molecule is CC(C)COc1ccc(C2=C(SCCO)C(=O)N(Cc3ccc(F)cc3)C2=O)cc1. The number of benzene rings is 2. The molecule has 2 aromatic carbocycles. The fourth-order valence-electron chi connectivity index (χ4n) is 2.99. The van der Waals surface area contributed by atoms with Crippen molar-refractivity contribution in [1.29, 1.82) is 0 Å². The van der Waals surface area contributed by atoms with Crippen LogP contribution in [0.25, 0.3) is 5.57 Å². The lowest BCUT2D eigenvalue weighted by molar-refractivity contribution is -0.137. The van der Waals surface area contributed by atoms with Gasteiger partial charge in [0.25, 0.3) is 11.8 Å². The van der Waals surface area contributed by atoms with Crippen LogP contribution in [0.5, 0.6) is 5.75 Å². The Balaban J connectivity index is 1.86. The molecular weight excluding hydrogens is 405 g/mol.